The highest BCUT2D eigenvalue weighted by Crippen LogP contribution is 2.20. The molecule has 0 saturated carbocycles. The van der Waals surface area contributed by atoms with Crippen LogP contribution in [0.25, 0.3) is 0 Å². The third-order valence-corrected chi connectivity index (χ3v) is 3.24. The number of hydrogen-bond donors (Lipinski definition) is 0. The summed E-state index contributed by atoms with van der Waals surface area (Å²) in [6.07, 6.45) is 15.3. The van der Waals surface area contributed by atoms with Crippen LogP contribution in [0.4, 0.5) is 0 Å². The van der Waals surface area contributed by atoms with Gasteiger partial charge in [-0.1, -0.05) is 24.3 Å². The summed E-state index contributed by atoms with van der Waals surface area (Å²) in [5, 5.41) is 0. The molecule has 0 aliphatic heterocycles. The maximum atomic E-state index is 2.29. The second kappa shape index (κ2) is 3.93. The fraction of sp³-hybridized carbons (Fsp3) is 0.500. The van der Waals surface area contributed by atoms with Crippen molar-refractivity contribution < 1.29 is 4.57 Å². The summed E-state index contributed by atoms with van der Waals surface area (Å²) in [5.74, 6) is 0.529. The minimum atomic E-state index is 0.159. The molecule has 0 saturated heterocycles. The average Bonchev–Trinajstić information content (AvgIpc) is 2.87. The van der Waals surface area contributed by atoms with Gasteiger partial charge in [0.2, 0.25) is 6.33 Å². The van der Waals surface area contributed by atoms with Crippen molar-refractivity contribution in [3.8, 4) is 0 Å². The van der Waals surface area contributed by atoms with Crippen molar-refractivity contribution in [1.29, 1.82) is 0 Å². The Hall–Kier alpha value is -1.31. The highest BCUT2D eigenvalue weighted by Gasteiger charge is 2.24. The molecule has 2 rings (SSSR count). The summed E-state index contributed by atoms with van der Waals surface area (Å²) >= 11 is 0. The Morgan fingerprint density at radius 2 is 1.81 bits per heavy atom. The number of aromatic nitrogens is 2. The lowest BCUT2D eigenvalue weighted by molar-refractivity contribution is -0.723. The van der Waals surface area contributed by atoms with Gasteiger partial charge in [-0.15, -0.1) is 0 Å². The highest BCUT2D eigenvalue weighted by atomic mass is 15.2. The van der Waals surface area contributed by atoms with Crippen LogP contribution in [-0.2, 0) is 5.54 Å². The smallest absolute Gasteiger partial charge is 0.233 e. The van der Waals surface area contributed by atoms with Gasteiger partial charge in [-0.25, -0.2) is 9.13 Å². The molecule has 2 nitrogen and oxygen atoms in total. The first-order valence-electron chi connectivity index (χ1n) is 5.93. The molecule has 0 amide bonds. The van der Waals surface area contributed by atoms with Gasteiger partial charge in [0.1, 0.15) is 24.0 Å². The molecular weight excluding hydrogens is 196 g/mol. The predicted octanol–water partition coefficient (Wildman–Crippen LogP) is 2.83. The quantitative estimate of drug-likeness (QED) is 0.674. The zero-order valence-electron chi connectivity index (χ0n) is 10.6. The zero-order chi connectivity index (χ0) is 11.8. The van der Waals surface area contributed by atoms with Gasteiger partial charge in [-0.05, 0) is 27.7 Å². The van der Waals surface area contributed by atoms with Crippen LogP contribution in [0, 0.1) is 5.92 Å². The maximum absolute atomic E-state index is 2.29. The third kappa shape index (κ3) is 2.11. The molecule has 1 atom stereocenters. The second-order valence-corrected chi connectivity index (χ2v) is 5.53. The van der Waals surface area contributed by atoms with Crippen LogP contribution in [0.1, 0.15) is 33.7 Å². The molecule has 0 fully saturated rings. The lowest BCUT2D eigenvalue weighted by atomic mass is 10.0. The molecule has 86 valence electrons. The number of allylic oxidation sites excluding steroid dienone is 4. The predicted molar refractivity (Wildman–Crippen MR) is 66.1 cm³/mol. The molecule has 1 aliphatic rings. The first-order chi connectivity index (χ1) is 7.48. The van der Waals surface area contributed by atoms with E-state index >= 15 is 0 Å². The Morgan fingerprint density at radius 1 is 1.19 bits per heavy atom. The summed E-state index contributed by atoms with van der Waals surface area (Å²) in [6.45, 7) is 8.92. The largest absolute Gasteiger partial charge is 0.244 e. The van der Waals surface area contributed by atoms with E-state index in [0.29, 0.717) is 12.0 Å². The fourth-order valence-electron chi connectivity index (χ4n) is 1.98. The SMILES string of the molecule is CC(C1C=CC=C1)[n+]1ccn(C(C)(C)C)c1. The second-order valence-electron chi connectivity index (χ2n) is 5.53. The van der Waals surface area contributed by atoms with E-state index in [9.17, 15) is 0 Å². The molecule has 1 unspecified atom stereocenters. The molecule has 0 N–H and O–H groups in total. The van der Waals surface area contributed by atoms with Crippen LogP contribution >= 0.6 is 0 Å². The maximum Gasteiger partial charge on any atom is 0.244 e. The number of hydrogen-bond acceptors (Lipinski definition) is 0. The number of rotatable bonds is 2. The van der Waals surface area contributed by atoms with Gasteiger partial charge in [0.05, 0.1) is 0 Å². The number of nitrogens with zero attached hydrogens (tertiary/aromatic N) is 2. The fourth-order valence-corrected chi connectivity index (χ4v) is 1.98. The number of imidazole rings is 1. The Kier molecular flexibility index (Phi) is 2.75. The topological polar surface area (TPSA) is 8.81 Å². The Morgan fingerprint density at radius 3 is 2.31 bits per heavy atom. The van der Waals surface area contributed by atoms with Gasteiger partial charge in [0.15, 0.2) is 0 Å². The molecule has 16 heavy (non-hydrogen) atoms. The van der Waals surface area contributed by atoms with Crippen LogP contribution in [0.2, 0.25) is 0 Å². The molecule has 0 spiro atoms. The molecule has 1 aromatic heterocycles. The van der Waals surface area contributed by atoms with Crippen LogP contribution < -0.4 is 4.57 Å². The van der Waals surface area contributed by atoms with E-state index in [1.54, 1.807) is 0 Å². The molecule has 1 aromatic rings. The zero-order valence-corrected chi connectivity index (χ0v) is 10.6. The molecular formula is C14H21N2+. The van der Waals surface area contributed by atoms with Crippen molar-refractivity contribution in [1.82, 2.24) is 4.57 Å². The summed E-state index contributed by atoms with van der Waals surface area (Å²) in [6, 6.07) is 0.485. The lowest BCUT2D eigenvalue weighted by Crippen LogP contribution is -2.39. The molecule has 0 aromatic carbocycles. The molecule has 1 aliphatic carbocycles. The van der Waals surface area contributed by atoms with Gasteiger partial charge in [-0.2, -0.15) is 0 Å². The Bertz CT molecular complexity index is 406. The van der Waals surface area contributed by atoms with Gasteiger partial charge in [-0.3, -0.25) is 0 Å². The van der Waals surface area contributed by atoms with Crippen molar-refractivity contribution in [2.75, 3.05) is 0 Å². The van der Waals surface area contributed by atoms with Gasteiger partial charge < -0.3 is 0 Å². The van der Waals surface area contributed by atoms with E-state index in [1.165, 1.54) is 0 Å². The van der Waals surface area contributed by atoms with E-state index in [0.717, 1.165) is 0 Å². The summed E-state index contributed by atoms with van der Waals surface area (Å²) in [5.41, 5.74) is 0.159. The van der Waals surface area contributed by atoms with Gasteiger partial charge >= 0.3 is 0 Å². The summed E-state index contributed by atoms with van der Waals surface area (Å²) in [4.78, 5) is 0. The highest BCUT2D eigenvalue weighted by molar-refractivity contribution is 5.17. The van der Waals surface area contributed by atoms with E-state index in [2.05, 4.69) is 79.9 Å². The monoisotopic (exact) mass is 217 g/mol. The molecule has 0 radical (unpaired) electrons. The minimum Gasteiger partial charge on any atom is -0.233 e. The van der Waals surface area contributed by atoms with Crippen molar-refractivity contribution in [2.24, 2.45) is 5.92 Å². The van der Waals surface area contributed by atoms with Gasteiger partial charge in [0, 0.05) is 5.92 Å². The first kappa shape index (κ1) is 11.2. The van der Waals surface area contributed by atoms with Crippen molar-refractivity contribution in [3.63, 3.8) is 0 Å². The summed E-state index contributed by atoms with van der Waals surface area (Å²) in [7, 11) is 0. The molecule has 2 heteroatoms. The van der Waals surface area contributed by atoms with E-state index < -0.39 is 0 Å². The van der Waals surface area contributed by atoms with Crippen LogP contribution in [0.5, 0.6) is 0 Å². The lowest BCUT2D eigenvalue weighted by Gasteiger charge is -2.15. The first-order valence-corrected chi connectivity index (χ1v) is 5.93. The van der Waals surface area contributed by atoms with Crippen LogP contribution in [-0.4, -0.2) is 4.57 Å². The van der Waals surface area contributed by atoms with E-state index in [1.807, 2.05) is 0 Å². The van der Waals surface area contributed by atoms with Gasteiger partial charge in [0.25, 0.3) is 0 Å². The van der Waals surface area contributed by atoms with E-state index in [-0.39, 0.29) is 5.54 Å². The van der Waals surface area contributed by atoms with Crippen LogP contribution in [0.15, 0.2) is 43.0 Å². The third-order valence-electron chi connectivity index (χ3n) is 3.24. The molecule has 0 bridgehead atoms. The normalized spacial score (nSPS) is 18.2. The minimum absolute atomic E-state index is 0.159. The summed E-state index contributed by atoms with van der Waals surface area (Å²) < 4.78 is 4.54. The van der Waals surface area contributed by atoms with Crippen LogP contribution in [0.3, 0.4) is 0 Å². The van der Waals surface area contributed by atoms with Crippen molar-refractivity contribution >= 4 is 0 Å². The van der Waals surface area contributed by atoms with E-state index in [4.69, 9.17) is 0 Å². The molecule has 1 heterocycles. The van der Waals surface area contributed by atoms with Crippen molar-refractivity contribution in [3.05, 3.63) is 43.0 Å². The van der Waals surface area contributed by atoms with Crippen molar-refractivity contribution in [2.45, 2.75) is 39.3 Å². The Labute approximate surface area is 97.9 Å². The Balaban J connectivity index is 2.18. The standard InChI is InChI=1S/C14H21N2/c1-12(13-7-5-6-8-13)15-9-10-16(11-15)14(2,3)4/h5-13H,1-4H3/q+1. The average molecular weight is 217 g/mol.